The van der Waals surface area contributed by atoms with Gasteiger partial charge in [0, 0.05) is 5.75 Å². The molecule has 2 heterocycles. The molecule has 24 heavy (non-hydrogen) atoms. The molecule has 6 nitrogen and oxygen atoms in total. The summed E-state index contributed by atoms with van der Waals surface area (Å²) >= 11 is 2.59. The molecule has 0 aliphatic carbocycles. The predicted octanol–water partition coefficient (Wildman–Crippen LogP) is 2.85. The van der Waals surface area contributed by atoms with Gasteiger partial charge in [0.2, 0.25) is 0 Å². The Labute approximate surface area is 147 Å². The Bertz CT molecular complexity index is 859. The van der Waals surface area contributed by atoms with Crippen LogP contribution in [-0.4, -0.2) is 32.7 Å². The van der Waals surface area contributed by atoms with E-state index in [1.54, 1.807) is 0 Å². The van der Waals surface area contributed by atoms with E-state index in [2.05, 4.69) is 32.4 Å². The van der Waals surface area contributed by atoms with Gasteiger partial charge in [-0.25, -0.2) is 9.97 Å². The lowest BCUT2D eigenvalue weighted by atomic mass is 10.2. The summed E-state index contributed by atoms with van der Waals surface area (Å²) in [6.45, 7) is 1.99. The van der Waals surface area contributed by atoms with Crippen LogP contribution < -0.4 is 10.2 Å². The Morgan fingerprint density at radius 1 is 1.33 bits per heavy atom. The van der Waals surface area contributed by atoms with Gasteiger partial charge in [-0.2, -0.15) is 0 Å². The first-order chi connectivity index (χ1) is 11.7. The van der Waals surface area contributed by atoms with Crippen molar-refractivity contribution in [2.45, 2.75) is 30.3 Å². The van der Waals surface area contributed by atoms with Crippen LogP contribution in [0.15, 0.2) is 40.3 Å². The van der Waals surface area contributed by atoms with E-state index in [9.17, 15) is 9.90 Å². The molecule has 3 N–H and O–H groups in total. The molecule has 0 aliphatic rings. The number of H-pyrrole nitrogens is 1. The SMILES string of the molecule is CC[C@H](CO)Nc1nc(SCc2ccccc2)nc2[nH]c(=O)sc12. The van der Waals surface area contributed by atoms with Crippen molar-refractivity contribution >= 4 is 39.3 Å². The fraction of sp³-hybridized carbons (Fsp3) is 0.312. The number of thiazole rings is 1. The second kappa shape index (κ2) is 7.78. The molecule has 0 fully saturated rings. The van der Waals surface area contributed by atoms with Crippen LogP contribution in [0.3, 0.4) is 0 Å². The van der Waals surface area contributed by atoms with Crippen LogP contribution >= 0.6 is 23.1 Å². The first kappa shape index (κ1) is 16.9. The van der Waals surface area contributed by atoms with Crippen molar-refractivity contribution < 1.29 is 5.11 Å². The Morgan fingerprint density at radius 2 is 2.12 bits per heavy atom. The predicted molar refractivity (Wildman–Crippen MR) is 98.8 cm³/mol. The molecule has 2 aromatic heterocycles. The number of hydrogen-bond acceptors (Lipinski definition) is 7. The maximum Gasteiger partial charge on any atom is 0.306 e. The molecule has 8 heteroatoms. The summed E-state index contributed by atoms with van der Waals surface area (Å²) < 4.78 is 0.691. The van der Waals surface area contributed by atoms with E-state index in [-0.39, 0.29) is 17.5 Å². The topological polar surface area (TPSA) is 90.9 Å². The number of nitrogens with one attached hydrogen (secondary N) is 2. The lowest BCUT2D eigenvalue weighted by molar-refractivity contribution is 0.271. The van der Waals surface area contributed by atoms with Crippen molar-refractivity contribution in [2.75, 3.05) is 11.9 Å². The van der Waals surface area contributed by atoms with E-state index in [0.717, 1.165) is 23.5 Å². The van der Waals surface area contributed by atoms with Crippen molar-refractivity contribution in [3.63, 3.8) is 0 Å². The Balaban J connectivity index is 1.89. The normalized spacial score (nSPS) is 12.4. The number of fused-ring (bicyclic) bond motifs is 1. The molecule has 1 aromatic carbocycles. The van der Waals surface area contributed by atoms with Crippen LogP contribution in [0.1, 0.15) is 18.9 Å². The number of aliphatic hydroxyl groups is 1. The van der Waals surface area contributed by atoms with Crippen molar-refractivity contribution in [3.05, 3.63) is 45.6 Å². The van der Waals surface area contributed by atoms with Crippen molar-refractivity contribution in [3.8, 4) is 0 Å². The van der Waals surface area contributed by atoms with Crippen LogP contribution in [0, 0.1) is 0 Å². The molecular formula is C16H18N4O2S2. The van der Waals surface area contributed by atoms with Gasteiger partial charge in [0.25, 0.3) is 0 Å². The number of thioether (sulfide) groups is 1. The smallest absolute Gasteiger partial charge is 0.306 e. The minimum absolute atomic E-state index is 0.00775. The summed E-state index contributed by atoms with van der Waals surface area (Å²) in [4.78, 5) is 23.2. The van der Waals surface area contributed by atoms with Crippen LogP contribution in [-0.2, 0) is 5.75 Å². The number of benzene rings is 1. The number of hydrogen-bond donors (Lipinski definition) is 3. The summed E-state index contributed by atoms with van der Waals surface area (Å²) in [5.74, 6) is 1.34. The number of nitrogens with zero attached hydrogens (tertiary/aromatic N) is 2. The Hall–Kier alpha value is -1.90. The van der Waals surface area contributed by atoms with Crippen LogP contribution in [0.4, 0.5) is 5.82 Å². The van der Waals surface area contributed by atoms with Gasteiger partial charge in [-0.3, -0.25) is 9.78 Å². The van der Waals surface area contributed by atoms with Crippen molar-refractivity contribution in [2.24, 2.45) is 0 Å². The summed E-state index contributed by atoms with van der Waals surface area (Å²) in [6.07, 6.45) is 0.758. The van der Waals surface area contributed by atoms with Gasteiger partial charge < -0.3 is 10.4 Å². The van der Waals surface area contributed by atoms with Gasteiger partial charge >= 0.3 is 4.87 Å². The summed E-state index contributed by atoms with van der Waals surface area (Å²) in [5.41, 5.74) is 1.71. The fourth-order valence-electron chi connectivity index (χ4n) is 2.18. The second-order valence-corrected chi connectivity index (χ2v) is 7.18. The van der Waals surface area contributed by atoms with E-state index < -0.39 is 0 Å². The molecule has 1 atom stereocenters. The van der Waals surface area contributed by atoms with Gasteiger partial charge in [0.15, 0.2) is 16.6 Å². The lowest BCUT2D eigenvalue weighted by Crippen LogP contribution is -2.23. The molecule has 3 rings (SSSR count). The average Bonchev–Trinajstić information content (AvgIpc) is 2.99. The molecule has 0 saturated heterocycles. The molecule has 0 saturated carbocycles. The maximum atomic E-state index is 11.7. The minimum Gasteiger partial charge on any atom is -0.394 e. The van der Waals surface area contributed by atoms with E-state index in [0.29, 0.717) is 21.3 Å². The van der Waals surface area contributed by atoms with Gasteiger partial charge in [0.1, 0.15) is 4.70 Å². The fourth-order valence-corrected chi connectivity index (χ4v) is 3.71. The van der Waals surface area contributed by atoms with Gasteiger partial charge in [-0.1, -0.05) is 60.4 Å². The third-order valence-corrected chi connectivity index (χ3v) is 5.32. The maximum absolute atomic E-state index is 11.7. The molecule has 0 spiro atoms. The van der Waals surface area contributed by atoms with E-state index >= 15 is 0 Å². The highest BCUT2D eigenvalue weighted by Crippen LogP contribution is 2.27. The highest BCUT2D eigenvalue weighted by Gasteiger charge is 2.14. The lowest BCUT2D eigenvalue weighted by Gasteiger charge is -2.15. The number of rotatable bonds is 7. The zero-order chi connectivity index (χ0) is 16.9. The third-order valence-electron chi connectivity index (χ3n) is 3.53. The third kappa shape index (κ3) is 3.95. The molecule has 0 radical (unpaired) electrons. The molecular weight excluding hydrogens is 344 g/mol. The Morgan fingerprint density at radius 3 is 2.83 bits per heavy atom. The van der Waals surface area contributed by atoms with E-state index in [4.69, 9.17) is 0 Å². The molecule has 0 unspecified atom stereocenters. The Kier molecular flexibility index (Phi) is 5.49. The molecule has 0 bridgehead atoms. The molecule has 3 aromatic rings. The second-order valence-electron chi connectivity index (χ2n) is 5.25. The average molecular weight is 362 g/mol. The number of aromatic nitrogens is 3. The number of aromatic amines is 1. The summed E-state index contributed by atoms with van der Waals surface area (Å²) in [6, 6.07) is 9.97. The van der Waals surface area contributed by atoms with Crippen LogP contribution in [0.25, 0.3) is 10.3 Å². The zero-order valence-corrected chi connectivity index (χ0v) is 14.8. The highest BCUT2D eigenvalue weighted by molar-refractivity contribution is 7.98. The minimum atomic E-state index is -0.162. The first-order valence-electron chi connectivity index (χ1n) is 7.64. The zero-order valence-electron chi connectivity index (χ0n) is 13.2. The van der Waals surface area contributed by atoms with Crippen molar-refractivity contribution in [1.82, 2.24) is 15.0 Å². The first-order valence-corrected chi connectivity index (χ1v) is 9.44. The highest BCUT2D eigenvalue weighted by atomic mass is 32.2. The number of aliphatic hydroxyl groups excluding tert-OH is 1. The summed E-state index contributed by atoms with van der Waals surface area (Å²) in [7, 11) is 0. The molecule has 0 amide bonds. The number of anilines is 1. The largest absolute Gasteiger partial charge is 0.394 e. The molecule has 126 valence electrons. The quantitative estimate of drug-likeness (QED) is 0.442. The van der Waals surface area contributed by atoms with Gasteiger partial charge in [-0.15, -0.1) is 0 Å². The molecule has 0 aliphatic heterocycles. The van der Waals surface area contributed by atoms with E-state index in [1.807, 2.05) is 25.1 Å². The van der Waals surface area contributed by atoms with Crippen LogP contribution in [0.5, 0.6) is 0 Å². The van der Waals surface area contributed by atoms with Gasteiger partial charge in [0.05, 0.1) is 12.6 Å². The van der Waals surface area contributed by atoms with Crippen molar-refractivity contribution in [1.29, 1.82) is 0 Å². The van der Waals surface area contributed by atoms with Crippen LogP contribution in [0.2, 0.25) is 0 Å². The summed E-state index contributed by atoms with van der Waals surface area (Å²) in [5, 5.41) is 13.2. The standard InChI is InChI=1S/C16H18N4O2S2/c1-2-11(8-21)17-13-12-14(20-16(22)24-12)19-15(18-13)23-9-10-6-4-3-5-7-10/h3-7,11,21H,2,8-9H2,1H3,(H2,17,18,19,20,22)/t11-/m1/s1. The monoisotopic (exact) mass is 362 g/mol. The van der Waals surface area contributed by atoms with Gasteiger partial charge in [-0.05, 0) is 12.0 Å². The van der Waals surface area contributed by atoms with E-state index in [1.165, 1.54) is 17.3 Å².